The lowest BCUT2D eigenvalue weighted by Crippen LogP contribution is -2.48. The second kappa shape index (κ2) is 9.79. The van der Waals surface area contributed by atoms with Gasteiger partial charge in [0.2, 0.25) is 0 Å². The summed E-state index contributed by atoms with van der Waals surface area (Å²) >= 11 is 0. The van der Waals surface area contributed by atoms with Gasteiger partial charge in [-0.05, 0) is 27.9 Å². The van der Waals surface area contributed by atoms with Gasteiger partial charge in [-0.3, -0.25) is 9.13 Å². The molecule has 0 radical (unpaired) electrons. The number of ether oxygens (including phenoxy) is 2. The molecule has 0 aromatic rings. The van der Waals surface area contributed by atoms with E-state index in [0.29, 0.717) is 19.6 Å². The molecule has 2 fully saturated rings. The molecule has 2 saturated heterocycles. The molecule has 1 unspecified atom stereocenters. The molecule has 11 heteroatoms. The Bertz CT molecular complexity index is 578. The Hall–Kier alpha value is 0.180. The number of hydrogen-bond donors (Lipinski definition) is 1. The monoisotopic (exact) mass is 427 g/mol. The Morgan fingerprint density at radius 3 is 2.26 bits per heavy atom. The molecule has 6 atom stereocenters. The minimum atomic E-state index is -3.00. The van der Waals surface area contributed by atoms with Crippen molar-refractivity contribution in [3.8, 4) is 0 Å². The maximum atomic E-state index is 13.2. The van der Waals surface area contributed by atoms with Crippen molar-refractivity contribution in [3.63, 3.8) is 0 Å². The summed E-state index contributed by atoms with van der Waals surface area (Å²) in [7, 11) is -2.41. The summed E-state index contributed by atoms with van der Waals surface area (Å²) in [5, 5.41) is 3.28. The van der Waals surface area contributed by atoms with Crippen LogP contribution in [0.4, 0.5) is 0 Å². The highest BCUT2D eigenvalue weighted by Gasteiger charge is 2.36. The zero-order chi connectivity index (χ0) is 20.2. The fourth-order valence-electron chi connectivity index (χ4n) is 3.02. The molecule has 0 amide bonds. The second-order valence-corrected chi connectivity index (χ2v) is 12.8. The molecule has 2 rings (SSSR count). The first-order valence-electron chi connectivity index (χ1n) is 9.38. The normalized spacial score (nSPS) is 34.9. The number of morpholine rings is 2. The Morgan fingerprint density at radius 1 is 1.00 bits per heavy atom. The van der Waals surface area contributed by atoms with Crippen LogP contribution in [-0.4, -0.2) is 101 Å². The van der Waals surface area contributed by atoms with Gasteiger partial charge in [-0.2, -0.15) is 0 Å². The zero-order valence-electron chi connectivity index (χ0n) is 17.3. The predicted octanol–water partition coefficient (Wildman–Crippen LogP) is 1.69. The van der Waals surface area contributed by atoms with E-state index in [1.54, 1.807) is 32.1 Å². The molecular formula is C16H35N3O6P2. The van der Waals surface area contributed by atoms with Gasteiger partial charge < -0.3 is 23.8 Å². The van der Waals surface area contributed by atoms with Crippen LogP contribution < -0.4 is 5.32 Å². The van der Waals surface area contributed by atoms with E-state index in [0.717, 1.165) is 6.54 Å². The molecule has 2 aliphatic heterocycles. The van der Waals surface area contributed by atoms with E-state index in [1.165, 1.54) is 0 Å². The van der Waals surface area contributed by atoms with E-state index in [4.69, 9.17) is 18.5 Å². The summed E-state index contributed by atoms with van der Waals surface area (Å²) in [5.74, 6) is 0. The molecule has 1 N–H and O–H groups in total. The van der Waals surface area contributed by atoms with Gasteiger partial charge in [0.25, 0.3) is 15.0 Å². The standard InChI is InChI=1S/C16H35N3O6P2/c1-13-7-17-8-15(24-13)11-23-27(6,21)19-9-14(2)25-16(10-19)12-22-26(5,20)18(3)4/h13-17H,7-12H2,1-6H3/t13-,14-,15-,16-,26+,27?/m0/s1. The molecule has 0 saturated carbocycles. The predicted molar refractivity (Wildman–Crippen MR) is 106 cm³/mol. The van der Waals surface area contributed by atoms with Crippen molar-refractivity contribution in [2.45, 2.75) is 38.3 Å². The van der Waals surface area contributed by atoms with Crippen molar-refractivity contribution in [1.82, 2.24) is 14.7 Å². The molecule has 0 spiro atoms. The first kappa shape index (κ1) is 23.5. The first-order valence-corrected chi connectivity index (χ1v) is 13.4. The average molecular weight is 427 g/mol. The quantitative estimate of drug-likeness (QED) is 0.581. The highest BCUT2D eigenvalue weighted by molar-refractivity contribution is 7.55. The SMILES string of the molecule is C[C@H]1CNC[C@@H](COP(C)(=O)N2C[C@@H](CO[P@@](C)(=O)N(C)C)O[C@@H](C)C2)O1. The third-order valence-electron chi connectivity index (χ3n) is 4.78. The van der Waals surface area contributed by atoms with Crippen LogP contribution in [0.1, 0.15) is 13.8 Å². The van der Waals surface area contributed by atoms with Gasteiger partial charge in [0.15, 0.2) is 0 Å². The molecular weight excluding hydrogens is 392 g/mol. The minimum absolute atomic E-state index is 0.106. The van der Waals surface area contributed by atoms with Crippen molar-refractivity contribution in [2.24, 2.45) is 0 Å². The third kappa shape index (κ3) is 7.18. The molecule has 0 aliphatic carbocycles. The van der Waals surface area contributed by atoms with E-state index in [9.17, 15) is 9.13 Å². The summed E-state index contributed by atoms with van der Waals surface area (Å²) in [6.45, 7) is 10.0. The Labute approximate surface area is 163 Å². The van der Waals surface area contributed by atoms with Crippen LogP contribution in [0.2, 0.25) is 0 Å². The molecule has 0 bridgehead atoms. The summed E-state index contributed by atoms with van der Waals surface area (Å²) in [5.41, 5.74) is 0. The van der Waals surface area contributed by atoms with Crippen molar-refractivity contribution in [2.75, 3.05) is 66.8 Å². The van der Waals surface area contributed by atoms with Gasteiger partial charge in [-0.15, -0.1) is 0 Å². The van der Waals surface area contributed by atoms with Crippen LogP contribution >= 0.6 is 15.0 Å². The van der Waals surface area contributed by atoms with Gasteiger partial charge in [-0.1, -0.05) is 0 Å². The fourth-order valence-corrected chi connectivity index (χ4v) is 5.31. The highest BCUT2D eigenvalue weighted by Crippen LogP contribution is 2.49. The fraction of sp³-hybridized carbons (Fsp3) is 1.00. The van der Waals surface area contributed by atoms with Crippen LogP contribution in [0.5, 0.6) is 0 Å². The van der Waals surface area contributed by atoms with Crippen LogP contribution in [0.3, 0.4) is 0 Å². The number of nitrogens with one attached hydrogen (secondary N) is 1. The summed E-state index contributed by atoms with van der Waals surface area (Å²) in [6, 6.07) is 0. The van der Waals surface area contributed by atoms with Gasteiger partial charge in [0.05, 0.1) is 37.6 Å². The number of hydrogen-bond acceptors (Lipinski definition) is 7. The smallest absolute Gasteiger partial charge is 0.269 e. The highest BCUT2D eigenvalue weighted by atomic mass is 31.2. The second-order valence-electron chi connectivity index (χ2n) is 7.71. The first-order chi connectivity index (χ1) is 12.5. The van der Waals surface area contributed by atoms with Gasteiger partial charge >= 0.3 is 0 Å². The molecule has 2 aliphatic rings. The van der Waals surface area contributed by atoms with Gasteiger partial charge in [-0.25, -0.2) is 9.34 Å². The summed E-state index contributed by atoms with van der Waals surface area (Å²) < 4.78 is 52.0. The molecule has 160 valence electrons. The topological polar surface area (TPSA) is 89.6 Å². The maximum absolute atomic E-state index is 13.2. The lowest BCUT2D eigenvalue weighted by molar-refractivity contribution is -0.0771. The van der Waals surface area contributed by atoms with Gasteiger partial charge in [0, 0.05) is 39.5 Å². The van der Waals surface area contributed by atoms with Crippen molar-refractivity contribution in [3.05, 3.63) is 0 Å². The average Bonchev–Trinajstić information content (AvgIpc) is 2.58. The molecule has 2 heterocycles. The van der Waals surface area contributed by atoms with E-state index in [-0.39, 0.29) is 37.6 Å². The largest absolute Gasteiger partial charge is 0.370 e. The number of nitrogens with zero attached hydrogens (tertiary/aromatic N) is 2. The van der Waals surface area contributed by atoms with Crippen LogP contribution in [0.15, 0.2) is 0 Å². The van der Waals surface area contributed by atoms with E-state index in [1.807, 2.05) is 18.5 Å². The van der Waals surface area contributed by atoms with E-state index >= 15 is 0 Å². The van der Waals surface area contributed by atoms with Crippen LogP contribution in [0, 0.1) is 0 Å². The van der Waals surface area contributed by atoms with Crippen LogP contribution in [-0.2, 0) is 27.7 Å². The van der Waals surface area contributed by atoms with E-state index < -0.39 is 15.0 Å². The Balaban J connectivity index is 1.89. The lowest BCUT2D eigenvalue weighted by Gasteiger charge is -2.40. The Kier molecular flexibility index (Phi) is 8.50. The Morgan fingerprint density at radius 2 is 1.63 bits per heavy atom. The van der Waals surface area contributed by atoms with Crippen molar-refractivity contribution < 1.29 is 27.7 Å². The minimum Gasteiger partial charge on any atom is -0.370 e. The van der Waals surface area contributed by atoms with Gasteiger partial charge in [0.1, 0.15) is 0 Å². The lowest BCUT2D eigenvalue weighted by atomic mass is 10.2. The van der Waals surface area contributed by atoms with Crippen molar-refractivity contribution in [1.29, 1.82) is 0 Å². The zero-order valence-corrected chi connectivity index (χ0v) is 19.1. The van der Waals surface area contributed by atoms with E-state index in [2.05, 4.69) is 5.32 Å². The van der Waals surface area contributed by atoms with Crippen molar-refractivity contribution >= 4 is 15.0 Å². The van der Waals surface area contributed by atoms with Crippen LogP contribution in [0.25, 0.3) is 0 Å². The molecule has 0 aromatic heterocycles. The molecule has 0 aromatic carbocycles. The summed E-state index contributed by atoms with van der Waals surface area (Å²) in [4.78, 5) is 0. The maximum Gasteiger partial charge on any atom is 0.269 e. The third-order valence-corrected chi connectivity index (χ3v) is 8.84. The molecule has 9 nitrogen and oxygen atoms in total. The number of rotatable bonds is 8. The summed E-state index contributed by atoms with van der Waals surface area (Å²) in [6.07, 6.45) is -0.417. The molecule has 27 heavy (non-hydrogen) atoms.